The maximum Gasteiger partial charge on any atom is 0.254 e. The Morgan fingerprint density at radius 2 is 2.03 bits per heavy atom. The molecule has 0 unspecified atom stereocenters. The number of nitrogens with zero attached hydrogens (tertiary/aromatic N) is 2. The molecule has 31 heavy (non-hydrogen) atoms. The smallest absolute Gasteiger partial charge is 0.254 e. The maximum atomic E-state index is 13.1. The predicted octanol–water partition coefficient (Wildman–Crippen LogP) is 2.25. The van der Waals surface area contributed by atoms with Crippen molar-refractivity contribution in [2.45, 2.75) is 18.4 Å². The number of fused-ring (bicyclic) bond motifs is 2. The van der Waals surface area contributed by atoms with Crippen molar-refractivity contribution in [1.82, 2.24) is 10.2 Å². The molecule has 2 aliphatic rings. The number of nitriles is 1. The van der Waals surface area contributed by atoms with E-state index in [1.807, 2.05) is 6.07 Å². The van der Waals surface area contributed by atoms with Gasteiger partial charge in [0.05, 0.1) is 25.2 Å². The van der Waals surface area contributed by atoms with Gasteiger partial charge < -0.3 is 14.1 Å². The van der Waals surface area contributed by atoms with Gasteiger partial charge in [0.2, 0.25) is 11.8 Å². The van der Waals surface area contributed by atoms with Crippen LogP contribution in [-0.2, 0) is 21.5 Å². The number of imide groups is 1. The fraction of sp³-hybridized carbons (Fsp3) is 0.217. The Bertz CT molecular complexity index is 1320. The first-order valence-corrected chi connectivity index (χ1v) is 9.68. The van der Waals surface area contributed by atoms with Crippen LogP contribution in [0, 0.1) is 11.3 Å². The lowest BCUT2D eigenvalue weighted by Crippen LogP contribution is -2.46. The van der Waals surface area contributed by atoms with Gasteiger partial charge in [-0.25, -0.2) is 0 Å². The summed E-state index contributed by atoms with van der Waals surface area (Å²) in [5.74, 6) is -0.291. The second-order valence-electron chi connectivity index (χ2n) is 7.80. The molecule has 0 spiro atoms. The molecule has 1 N–H and O–H groups in total. The SMILES string of the molecule is COc1ccc2c(c1)C(=O)N(C[C@@]1(c3cc4cc(C#N)ccc4o3)CC(=O)NC1=O)C2. The highest BCUT2D eigenvalue weighted by Gasteiger charge is 2.53. The first kappa shape index (κ1) is 18.9. The zero-order valence-corrected chi connectivity index (χ0v) is 16.6. The van der Waals surface area contributed by atoms with Crippen molar-refractivity contribution in [3.05, 3.63) is 64.9 Å². The Hall–Kier alpha value is -4.12. The van der Waals surface area contributed by atoms with Gasteiger partial charge in [-0.2, -0.15) is 5.26 Å². The first-order valence-electron chi connectivity index (χ1n) is 9.68. The molecule has 3 amide bonds. The minimum Gasteiger partial charge on any atom is -0.497 e. The molecule has 1 atom stereocenters. The quantitative estimate of drug-likeness (QED) is 0.654. The molecule has 8 heteroatoms. The molecule has 0 radical (unpaired) electrons. The highest BCUT2D eigenvalue weighted by Crippen LogP contribution is 2.39. The van der Waals surface area contributed by atoms with Gasteiger partial charge in [-0.1, -0.05) is 6.07 Å². The number of furan rings is 1. The average Bonchev–Trinajstić information content (AvgIpc) is 3.41. The number of rotatable bonds is 4. The van der Waals surface area contributed by atoms with Crippen LogP contribution >= 0.6 is 0 Å². The number of carbonyl (C=O) groups excluding carboxylic acids is 3. The van der Waals surface area contributed by atoms with E-state index in [4.69, 9.17) is 14.4 Å². The summed E-state index contributed by atoms with van der Waals surface area (Å²) >= 11 is 0. The van der Waals surface area contributed by atoms with Gasteiger partial charge in [-0.05, 0) is 42.0 Å². The predicted molar refractivity (Wildman–Crippen MR) is 108 cm³/mol. The fourth-order valence-corrected chi connectivity index (χ4v) is 4.32. The van der Waals surface area contributed by atoms with Crippen LogP contribution in [0.15, 0.2) is 46.9 Å². The summed E-state index contributed by atoms with van der Waals surface area (Å²) in [6, 6.07) is 14.0. The van der Waals surface area contributed by atoms with Gasteiger partial charge >= 0.3 is 0 Å². The fourth-order valence-electron chi connectivity index (χ4n) is 4.32. The van der Waals surface area contributed by atoms with E-state index in [2.05, 4.69) is 11.4 Å². The van der Waals surface area contributed by atoms with E-state index in [1.54, 1.807) is 41.3 Å². The van der Waals surface area contributed by atoms with Crippen molar-refractivity contribution in [2.75, 3.05) is 13.7 Å². The molecule has 1 aromatic heterocycles. The summed E-state index contributed by atoms with van der Waals surface area (Å²) in [6.45, 7) is 0.311. The molecule has 0 aliphatic carbocycles. The maximum absolute atomic E-state index is 13.1. The normalized spacial score (nSPS) is 20.1. The van der Waals surface area contributed by atoms with E-state index in [1.165, 1.54) is 7.11 Å². The number of hydrogen-bond acceptors (Lipinski definition) is 6. The summed E-state index contributed by atoms with van der Waals surface area (Å²) in [4.78, 5) is 39.8. The third-order valence-electron chi connectivity index (χ3n) is 5.92. The van der Waals surface area contributed by atoms with Crippen LogP contribution in [0.3, 0.4) is 0 Å². The van der Waals surface area contributed by atoms with Crippen molar-refractivity contribution in [2.24, 2.45) is 0 Å². The zero-order valence-electron chi connectivity index (χ0n) is 16.6. The Morgan fingerprint density at radius 3 is 2.74 bits per heavy atom. The number of ether oxygens (including phenoxy) is 1. The van der Waals surface area contributed by atoms with Crippen LogP contribution in [-0.4, -0.2) is 36.3 Å². The van der Waals surface area contributed by atoms with Crippen molar-refractivity contribution in [3.8, 4) is 11.8 Å². The Kier molecular flexibility index (Phi) is 4.08. The number of carbonyl (C=O) groups is 3. The molecular weight excluding hydrogens is 398 g/mol. The number of amides is 3. The van der Waals surface area contributed by atoms with Gasteiger partial charge in [-0.3, -0.25) is 19.7 Å². The van der Waals surface area contributed by atoms with E-state index in [0.717, 1.165) is 5.56 Å². The molecule has 2 aromatic carbocycles. The number of hydrogen-bond donors (Lipinski definition) is 1. The van der Waals surface area contributed by atoms with Crippen molar-refractivity contribution < 1.29 is 23.5 Å². The standard InChI is InChI=1S/C23H17N3O5/c1-30-16-4-3-14-11-26(21(28)17(14)8-16)12-23(9-20(27)25-22(23)29)19-7-15-6-13(10-24)2-5-18(15)31-19/h2-8H,9,11-12H2,1H3,(H,25,27,29)/t23-/m1/s1. The van der Waals surface area contributed by atoms with Crippen LogP contribution in [0.5, 0.6) is 5.75 Å². The summed E-state index contributed by atoms with van der Waals surface area (Å²) in [7, 11) is 1.53. The first-order chi connectivity index (χ1) is 14.9. The second kappa shape index (κ2) is 6.71. The van der Waals surface area contributed by atoms with E-state index < -0.39 is 17.2 Å². The summed E-state index contributed by atoms with van der Waals surface area (Å²) in [6.07, 6.45) is -0.125. The minimum atomic E-state index is -1.34. The van der Waals surface area contributed by atoms with Crippen LogP contribution in [0.4, 0.5) is 0 Å². The van der Waals surface area contributed by atoms with E-state index in [0.29, 0.717) is 40.2 Å². The zero-order chi connectivity index (χ0) is 21.8. The highest BCUT2D eigenvalue weighted by molar-refractivity contribution is 6.10. The van der Waals surface area contributed by atoms with Gasteiger partial charge in [-0.15, -0.1) is 0 Å². The summed E-state index contributed by atoms with van der Waals surface area (Å²) < 4.78 is 11.2. The van der Waals surface area contributed by atoms with Gasteiger partial charge in [0.1, 0.15) is 22.5 Å². The molecule has 0 bridgehead atoms. The summed E-state index contributed by atoms with van der Waals surface area (Å²) in [5, 5.41) is 12.1. The van der Waals surface area contributed by atoms with Crippen molar-refractivity contribution in [3.63, 3.8) is 0 Å². The van der Waals surface area contributed by atoms with E-state index >= 15 is 0 Å². The van der Waals surface area contributed by atoms with Gasteiger partial charge in [0, 0.05) is 24.0 Å². The third kappa shape index (κ3) is 2.86. The molecule has 1 saturated heterocycles. The monoisotopic (exact) mass is 415 g/mol. The van der Waals surface area contributed by atoms with Crippen molar-refractivity contribution >= 4 is 28.7 Å². The molecule has 1 fully saturated rings. The second-order valence-corrected chi connectivity index (χ2v) is 7.80. The van der Waals surface area contributed by atoms with Gasteiger partial charge in [0.15, 0.2) is 0 Å². The molecule has 0 saturated carbocycles. The molecule has 3 aromatic rings. The molecule has 3 heterocycles. The van der Waals surface area contributed by atoms with Crippen LogP contribution in [0.25, 0.3) is 11.0 Å². The Balaban J connectivity index is 1.55. The molecule has 2 aliphatic heterocycles. The molecule has 5 rings (SSSR count). The Morgan fingerprint density at radius 1 is 1.19 bits per heavy atom. The molecular formula is C23H17N3O5. The van der Waals surface area contributed by atoms with E-state index in [9.17, 15) is 14.4 Å². The average molecular weight is 415 g/mol. The lowest BCUT2D eigenvalue weighted by Gasteiger charge is -2.28. The molecule has 8 nitrogen and oxygen atoms in total. The lowest BCUT2D eigenvalue weighted by molar-refractivity contribution is -0.126. The van der Waals surface area contributed by atoms with Crippen molar-refractivity contribution in [1.29, 1.82) is 5.26 Å². The largest absolute Gasteiger partial charge is 0.497 e. The Labute approximate surface area is 177 Å². The summed E-state index contributed by atoms with van der Waals surface area (Å²) in [5.41, 5.74) is 0.961. The van der Waals surface area contributed by atoms with Crippen LogP contribution in [0.1, 0.15) is 33.7 Å². The molecule has 154 valence electrons. The topological polar surface area (TPSA) is 113 Å². The van der Waals surface area contributed by atoms with Crippen LogP contribution in [0.2, 0.25) is 0 Å². The van der Waals surface area contributed by atoms with Gasteiger partial charge in [0.25, 0.3) is 5.91 Å². The number of benzene rings is 2. The lowest BCUT2D eigenvalue weighted by atomic mass is 9.82. The third-order valence-corrected chi connectivity index (χ3v) is 5.92. The number of methoxy groups -OCH3 is 1. The van der Waals surface area contributed by atoms with E-state index in [-0.39, 0.29) is 18.9 Å². The highest BCUT2D eigenvalue weighted by atomic mass is 16.5. The minimum absolute atomic E-state index is 0.00860. The number of nitrogens with one attached hydrogen (secondary N) is 1. The van der Waals surface area contributed by atoms with Crippen LogP contribution < -0.4 is 10.1 Å².